The van der Waals surface area contributed by atoms with Crippen molar-refractivity contribution in [1.82, 2.24) is 9.80 Å². The molecule has 2 atom stereocenters. The van der Waals surface area contributed by atoms with Crippen LogP contribution in [0.25, 0.3) is 11.0 Å². The average Bonchev–Trinajstić information content (AvgIpc) is 3.69. The van der Waals surface area contributed by atoms with Crippen LogP contribution in [0.5, 0.6) is 11.5 Å². The monoisotopic (exact) mass is 600 g/mol. The van der Waals surface area contributed by atoms with Crippen LogP contribution in [0.3, 0.4) is 0 Å². The summed E-state index contributed by atoms with van der Waals surface area (Å²) in [6.07, 6.45) is 3.86. The van der Waals surface area contributed by atoms with Gasteiger partial charge in [-0.15, -0.1) is 0 Å². The average molecular weight is 601 g/mol. The van der Waals surface area contributed by atoms with E-state index in [1.165, 1.54) is 6.26 Å². The molecule has 0 bridgehead atoms. The Balaban J connectivity index is 1.26. The molecule has 43 heavy (non-hydrogen) atoms. The van der Waals surface area contributed by atoms with Crippen LogP contribution in [0.15, 0.2) is 82.2 Å². The van der Waals surface area contributed by atoms with E-state index in [0.29, 0.717) is 39.6 Å². The van der Waals surface area contributed by atoms with Crippen molar-refractivity contribution >= 4 is 34.4 Å². The summed E-state index contributed by atoms with van der Waals surface area (Å²) < 4.78 is 16.7. The number of carbonyl (C=O) groups is 2. The molecule has 0 saturated heterocycles. The number of fused-ring (bicyclic) bond motifs is 2. The molecule has 0 spiro atoms. The van der Waals surface area contributed by atoms with Crippen LogP contribution < -0.4 is 14.9 Å². The van der Waals surface area contributed by atoms with Crippen LogP contribution in [-0.4, -0.2) is 41.5 Å². The number of unbranched alkanes of at least 4 members (excludes halogenated alkanes) is 1. The molecule has 6 rings (SSSR count). The van der Waals surface area contributed by atoms with Gasteiger partial charge in [0.15, 0.2) is 16.9 Å². The minimum absolute atomic E-state index is 0.00135. The Bertz CT molecular complexity index is 1700. The standard InChI is InChI=1S/C34H33ClN2O6/c1-2-3-13-36(34(40)27-16-26(27)23-7-5-4-6-8-23)19-32(38)37(17-22-9-11-30-31(14-22)43-21-42-30)18-24-20-41-29-12-10-25(35)15-28(29)33(24)39/h4-12,14-15,20,26-27H,2-3,13,16-19,21H2,1H3. The van der Waals surface area contributed by atoms with Crippen molar-refractivity contribution in [3.8, 4) is 11.5 Å². The highest BCUT2D eigenvalue weighted by Crippen LogP contribution is 2.48. The highest BCUT2D eigenvalue weighted by molar-refractivity contribution is 6.31. The molecule has 9 heteroatoms. The maximum absolute atomic E-state index is 14.0. The van der Waals surface area contributed by atoms with Gasteiger partial charge in [-0.2, -0.15) is 0 Å². The number of hydrogen-bond acceptors (Lipinski definition) is 6. The molecular weight excluding hydrogens is 568 g/mol. The first-order chi connectivity index (χ1) is 20.9. The Morgan fingerprint density at radius 1 is 0.953 bits per heavy atom. The highest BCUT2D eigenvalue weighted by Gasteiger charge is 2.46. The summed E-state index contributed by atoms with van der Waals surface area (Å²) in [4.78, 5) is 44.4. The van der Waals surface area contributed by atoms with Crippen molar-refractivity contribution in [2.75, 3.05) is 19.9 Å². The van der Waals surface area contributed by atoms with Crippen LogP contribution in [0.4, 0.5) is 0 Å². The Morgan fingerprint density at radius 3 is 2.58 bits per heavy atom. The summed E-state index contributed by atoms with van der Waals surface area (Å²) in [6, 6.07) is 20.4. The van der Waals surface area contributed by atoms with E-state index in [1.807, 2.05) is 30.3 Å². The molecule has 1 aromatic heterocycles. The summed E-state index contributed by atoms with van der Waals surface area (Å²) in [7, 11) is 0. The number of benzene rings is 3. The summed E-state index contributed by atoms with van der Waals surface area (Å²) in [5.41, 5.74) is 2.44. The molecule has 8 nitrogen and oxygen atoms in total. The first-order valence-electron chi connectivity index (χ1n) is 14.6. The van der Waals surface area contributed by atoms with Crippen molar-refractivity contribution in [2.24, 2.45) is 5.92 Å². The van der Waals surface area contributed by atoms with Crippen molar-refractivity contribution in [1.29, 1.82) is 0 Å². The second-order valence-corrected chi connectivity index (χ2v) is 11.6. The van der Waals surface area contributed by atoms with Crippen LogP contribution in [0.2, 0.25) is 5.02 Å². The molecule has 1 fully saturated rings. The lowest BCUT2D eigenvalue weighted by Crippen LogP contribution is -2.44. The third-order valence-electron chi connectivity index (χ3n) is 8.09. The van der Waals surface area contributed by atoms with E-state index in [-0.39, 0.29) is 55.5 Å². The largest absolute Gasteiger partial charge is 0.464 e. The van der Waals surface area contributed by atoms with Crippen molar-refractivity contribution in [2.45, 2.75) is 45.2 Å². The molecule has 4 aromatic rings. The van der Waals surface area contributed by atoms with E-state index < -0.39 is 0 Å². The zero-order chi connectivity index (χ0) is 29.9. The zero-order valence-corrected chi connectivity index (χ0v) is 24.7. The maximum Gasteiger partial charge on any atom is 0.242 e. The minimum atomic E-state index is -0.260. The number of hydrogen-bond donors (Lipinski definition) is 0. The Labute approximate surface area is 254 Å². The SMILES string of the molecule is CCCCN(CC(=O)N(Cc1ccc2c(c1)OCO2)Cc1coc2ccc(Cl)cc2c1=O)C(=O)C1CC1c1ccccc1. The first kappa shape index (κ1) is 28.8. The molecule has 2 aliphatic rings. The predicted molar refractivity (Wildman–Crippen MR) is 163 cm³/mol. The van der Waals surface area contributed by atoms with E-state index in [1.54, 1.807) is 34.1 Å². The van der Waals surface area contributed by atoms with Gasteiger partial charge in [0.05, 0.1) is 30.3 Å². The number of rotatable bonds is 11. The first-order valence-corrected chi connectivity index (χ1v) is 15.0. The molecule has 1 aliphatic carbocycles. The molecule has 0 N–H and O–H groups in total. The Morgan fingerprint density at radius 2 is 1.77 bits per heavy atom. The molecule has 0 radical (unpaired) electrons. The molecule has 1 aliphatic heterocycles. The van der Waals surface area contributed by atoms with Crippen molar-refractivity contribution < 1.29 is 23.5 Å². The second-order valence-electron chi connectivity index (χ2n) is 11.1. The van der Waals surface area contributed by atoms with Gasteiger partial charge in [0.25, 0.3) is 0 Å². The molecule has 2 unspecified atom stereocenters. The molecular formula is C34H33ClN2O6. The third kappa shape index (κ3) is 6.39. The Hall–Kier alpha value is -4.30. The van der Waals surface area contributed by atoms with Crippen LogP contribution in [0, 0.1) is 5.92 Å². The van der Waals surface area contributed by atoms with Gasteiger partial charge in [0.2, 0.25) is 18.6 Å². The van der Waals surface area contributed by atoms with Gasteiger partial charge >= 0.3 is 0 Å². The van der Waals surface area contributed by atoms with Crippen LogP contribution in [0.1, 0.15) is 48.8 Å². The van der Waals surface area contributed by atoms with Crippen LogP contribution in [-0.2, 0) is 22.7 Å². The van der Waals surface area contributed by atoms with E-state index in [2.05, 4.69) is 19.1 Å². The van der Waals surface area contributed by atoms with E-state index in [9.17, 15) is 14.4 Å². The van der Waals surface area contributed by atoms with Crippen LogP contribution >= 0.6 is 11.6 Å². The van der Waals surface area contributed by atoms with E-state index >= 15 is 0 Å². The Kier molecular flexibility index (Phi) is 8.38. The molecule has 2 heterocycles. The summed E-state index contributed by atoms with van der Waals surface area (Å²) in [5.74, 6) is 1.02. The summed E-state index contributed by atoms with van der Waals surface area (Å²) >= 11 is 6.16. The topological polar surface area (TPSA) is 89.3 Å². The fraction of sp³-hybridized carbons (Fsp3) is 0.324. The van der Waals surface area contributed by atoms with Gasteiger partial charge < -0.3 is 23.7 Å². The number of amides is 2. The second kappa shape index (κ2) is 12.5. The molecule has 2 amide bonds. The molecule has 222 valence electrons. The lowest BCUT2D eigenvalue weighted by atomic mass is 10.1. The lowest BCUT2D eigenvalue weighted by molar-refractivity contribution is -0.142. The number of halogens is 1. The number of ether oxygens (including phenoxy) is 2. The van der Waals surface area contributed by atoms with Gasteiger partial charge in [-0.1, -0.05) is 61.3 Å². The van der Waals surface area contributed by atoms with Gasteiger partial charge in [-0.05, 0) is 60.2 Å². The maximum atomic E-state index is 14.0. The quantitative estimate of drug-likeness (QED) is 0.206. The van der Waals surface area contributed by atoms with Crippen molar-refractivity contribution in [3.63, 3.8) is 0 Å². The minimum Gasteiger partial charge on any atom is -0.464 e. The predicted octanol–water partition coefficient (Wildman–Crippen LogP) is 6.14. The third-order valence-corrected chi connectivity index (χ3v) is 8.32. The highest BCUT2D eigenvalue weighted by atomic mass is 35.5. The number of carbonyl (C=O) groups excluding carboxylic acids is 2. The molecule has 1 saturated carbocycles. The van der Waals surface area contributed by atoms with Gasteiger partial charge in [0, 0.05) is 24.0 Å². The van der Waals surface area contributed by atoms with Crippen molar-refractivity contribution in [3.05, 3.63) is 105 Å². The fourth-order valence-electron chi connectivity index (χ4n) is 5.60. The smallest absolute Gasteiger partial charge is 0.242 e. The lowest BCUT2D eigenvalue weighted by Gasteiger charge is -2.28. The zero-order valence-electron chi connectivity index (χ0n) is 24.0. The van der Waals surface area contributed by atoms with Gasteiger partial charge in [0.1, 0.15) is 5.58 Å². The molecule has 3 aromatic carbocycles. The van der Waals surface area contributed by atoms with Gasteiger partial charge in [-0.25, -0.2) is 0 Å². The van der Waals surface area contributed by atoms with Gasteiger partial charge in [-0.3, -0.25) is 14.4 Å². The summed E-state index contributed by atoms with van der Waals surface area (Å²) in [5, 5.41) is 0.769. The number of nitrogens with zero attached hydrogens (tertiary/aromatic N) is 2. The summed E-state index contributed by atoms with van der Waals surface area (Å²) in [6.45, 7) is 2.82. The van der Waals surface area contributed by atoms with E-state index in [0.717, 1.165) is 30.4 Å². The normalized spacial score (nSPS) is 16.7. The fourth-order valence-corrected chi connectivity index (χ4v) is 5.77. The van der Waals surface area contributed by atoms with E-state index in [4.69, 9.17) is 25.5 Å².